The first kappa shape index (κ1) is 32.3. The summed E-state index contributed by atoms with van der Waals surface area (Å²) in [5.74, 6) is 1.81. The van der Waals surface area contributed by atoms with Gasteiger partial charge in [0, 0.05) is 78.9 Å². The van der Waals surface area contributed by atoms with Crippen LogP contribution in [0.15, 0.2) is 180 Å². The summed E-state index contributed by atoms with van der Waals surface area (Å²) in [4.78, 5) is 15.0. The Balaban J connectivity index is 1.06. The van der Waals surface area contributed by atoms with Gasteiger partial charge in [0.1, 0.15) is 11.2 Å². The van der Waals surface area contributed by atoms with Crippen LogP contribution in [-0.2, 0) is 0 Å². The summed E-state index contributed by atoms with van der Waals surface area (Å²) in [6.45, 7) is 0. The Morgan fingerprint density at radius 2 is 0.772 bits per heavy atom. The average molecular weight is 764 g/mol. The third kappa shape index (κ3) is 5.08. The molecule has 0 atom stereocenters. The number of hydrogen-bond donors (Lipinski definition) is 0. The molecule has 0 amide bonds. The monoisotopic (exact) mass is 763 g/mol. The van der Waals surface area contributed by atoms with Gasteiger partial charge in [0.05, 0.1) is 5.56 Å². The molecule has 0 saturated carbocycles. The molecule has 12 aromatic rings. The van der Waals surface area contributed by atoms with Gasteiger partial charge in [-0.3, -0.25) is 0 Å². The van der Waals surface area contributed by atoms with Crippen molar-refractivity contribution in [3.8, 4) is 56.4 Å². The number of aromatic nitrogens is 3. The average Bonchev–Trinajstić information content (AvgIpc) is 3.98. The molecule has 0 aliphatic rings. The maximum Gasteiger partial charge on any atom is 0.167 e. The van der Waals surface area contributed by atoms with Crippen LogP contribution in [-0.4, -0.2) is 15.0 Å². The standard InChI is InChI=1S/C51H29N3OS2/c1-3-14-30(15-4-1)49-52-50(31-16-5-2-6-17-31)54-51(53-49)41-27-10-21-34-33-20-9-22-35(45(33)55-46(34)41)37-24-12-26-39-38-25-11-23-36(47(38)57-48(37)39)32-19-13-29-43-44(32)40-18-7-8-28-42(40)56-43/h1-29H. The van der Waals surface area contributed by atoms with Crippen LogP contribution in [0, 0.1) is 0 Å². The number of para-hydroxylation sites is 2. The predicted molar refractivity (Wildman–Crippen MR) is 240 cm³/mol. The molecule has 4 heterocycles. The minimum absolute atomic E-state index is 0.571. The summed E-state index contributed by atoms with van der Waals surface area (Å²) < 4.78 is 12.2. The van der Waals surface area contributed by atoms with Crippen LogP contribution >= 0.6 is 22.7 Å². The Labute approximate surface area is 335 Å². The summed E-state index contributed by atoms with van der Waals surface area (Å²) in [6, 6.07) is 61.8. The highest BCUT2D eigenvalue weighted by atomic mass is 32.1. The number of rotatable bonds is 5. The maximum absolute atomic E-state index is 7.02. The van der Waals surface area contributed by atoms with E-state index < -0.39 is 0 Å². The van der Waals surface area contributed by atoms with E-state index >= 15 is 0 Å². The Bertz CT molecular complexity index is 3470. The Hall–Kier alpha value is -6.99. The van der Waals surface area contributed by atoms with E-state index in [1.807, 2.05) is 83.3 Å². The van der Waals surface area contributed by atoms with E-state index in [0.29, 0.717) is 17.5 Å². The fourth-order valence-corrected chi connectivity index (χ4v) is 10.9. The number of thiophene rings is 2. The highest BCUT2D eigenvalue weighted by Gasteiger charge is 2.22. The molecule has 0 fully saturated rings. The van der Waals surface area contributed by atoms with Gasteiger partial charge in [0.2, 0.25) is 0 Å². The molecular formula is C51H29N3OS2. The zero-order valence-electron chi connectivity index (χ0n) is 30.3. The van der Waals surface area contributed by atoms with E-state index in [1.165, 1.54) is 51.5 Å². The lowest BCUT2D eigenvalue weighted by Gasteiger charge is -2.08. The van der Waals surface area contributed by atoms with Crippen molar-refractivity contribution in [3.63, 3.8) is 0 Å². The van der Waals surface area contributed by atoms with Crippen molar-refractivity contribution >= 4 is 85.0 Å². The second-order valence-electron chi connectivity index (χ2n) is 14.2. The lowest BCUT2D eigenvalue weighted by atomic mass is 9.97. The van der Waals surface area contributed by atoms with E-state index in [0.717, 1.165) is 49.8 Å². The molecule has 0 unspecified atom stereocenters. The zero-order valence-corrected chi connectivity index (χ0v) is 31.9. The second kappa shape index (κ2) is 12.8. The van der Waals surface area contributed by atoms with E-state index in [2.05, 4.69) is 115 Å². The summed E-state index contributed by atoms with van der Waals surface area (Å²) >= 11 is 3.73. The molecule has 12 rings (SSSR count). The van der Waals surface area contributed by atoms with Crippen LogP contribution in [0.5, 0.6) is 0 Å². The van der Waals surface area contributed by atoms with Crippen molar-refractivity contribution in [2.75, 3.05) is 0 Å². The molecule has 4 aromatic heterocycles. The van der Waals surface area contributed by atoms with E-state index in [1.54, 1.807) is 0 Å². The number of nitrogens with zero attached hydrogens (tertiary/aromatic N) is 3. The van der Waals surface area contributed by atoms with Crippen molar-refractivity contribution in [2.45, 2.75) is 0 Å². The van der Waals surface area contributed by atoms with Gasteiger partial charge < -0.3 is 4.42 Å². The quantitative estimate of drug-likeness (QED) is 0.175. The molecule has 0 bridgehead atoms. The van der Waals surface area contributed by atoms with Gasteiger partial charge in [-0.25, -0.2) is 15.0 Å². The highest BCUT2D eigenvalue weighted by Crippen LogP contribution is 2.48. The lowest BCUT2D eigenvalue weighted by Crippen LogP contribution is -2.00. The van der Waals surface area contributed by atoms with Gasteiger partial charge >= 0.3 is 0 Å². The molecule has 0 saturated heterocycles. The highest BCUT2D eigenvalue weighted by molar-refractivity contribution is 7.27. The van der Waals surface area contributed by atoms with E-state index in [-0.39, 0.29) is 0 Å². The van der Waals surface area contributed by atoms with Gasteiger partial charge in [-0.05, 0) is 23.8 Å². The van der Waals surface area contributed by atoms with E-state index in [4.69, 9.17) is 19.4 Å². The second-order valence-corrected chi connectivity index (χ2v) is 16.4. The van der Waals surface area contributed by atoms with Crippen molar-refractivity contribution in [1.82, 2.24) is 15.0 Å². The molecule has 266 valence electrons. The van der Waals surface area contributed by atoms with Crippen LogP contribution in [0.3, 0.4) is 0 Å². The fourth-order valence-electron chi connectivity index (χ4n) is 8.38. The largest absolute Gasteiger partial charge is 0.455 e. The van der Waals surface area contributed by atoms with E-state index in [9.17, 15) is 0 Å². The van der Waals surface area contributed by atoms with Crippen LogP contribution in [0.2, 0.25) is 0 Å². The van der Waals surface area contributed by atoms with Crippen LogP contribution in [0.25, 0.3) is 119 Å². The molecular weight excluding hydrogens is 735 g/mol. The number of hydrogen-bond acceptors (Lipinski definition) is 6. The topological polar surface area (TPSA) is 51.8 Å². The molecule has 6 heteroatoms. The maximum atomic E-state index is 7.02. The molecule has 0 N–H and O–H groups in total. The smallest absolute Gasteiger partial charge is 0.167 e. The van der Waals surface area contributed by atoms with Gasteiger partial charge in [0.15, 0.2) is 17.5 Å². The van der Waals surface area contributed by atoms with Gasteiger partial charge in [-0.2, -0.15) is 0 Å². The van der Waals surface area contributed by atoms with Gasteiger partial charge in [0.25, 0.3) is 0 Å². The summed E-state index contributed by atoms with van der Waals surface area (Å²) in [7, 11) is 0. The normalized spacial score (nSPS) is 11.9. The minimum atomic E-state index is 0.571. The summed E-state index contributed by atoms with van der Waals surface area (Å²) in [5.41, 5.74) is 9.04. The molecule has 0 aliphatic carbocycles. The summed E-state index contributed by atoms with van der Waals surface area (Å²) in [5, 5.41) is 7.23. The summed E-state index contributed by atoms with van der Waals surface area (Å²) in [6.07, 6.45) is 0. The lowest BCUT2D eigenvalue weighted by molar-refractivity contribution is 0.670. The Morgan fingerprint density at radius 3 is 1.44 bits per heavy atom. The fraction of sp³-hybridized carbons (Fsp3) is 0. The predicted octanol–water partition coefficient (Wildman–Crippen LogP) is 14.8. The first-order valence-corrected chi connectivity index (χ1v) is 20.6. The number of benzene rings is 8. The Kier molecular flexibility index (Phi) is 7.24. The Morgan fingerprint density at radius 1 is 0.316 bits per heavy atom. The van der Waals surface area contributed by atoms with Crippen molar-refractivity contribution in [2.24, 2.45) is 0 Å². The van der Waals surface area contributed by atoms with Crippen LogP contribution < -0.4 is 0 Å². The first-order chi connectivity index (χ1) is 28.3. The van der Waals surface area contributed by atoms with Crippen molar-refractivity contribution in [1.29, 1.82) is 0 Å². The molecule has 0 aliphatic heterocycles. The zero-order chi connectivity index (χ0) is 37.5. The molecule has 4 nitrogen and oxygen atoms in total. The molecule has 0 spiro atoms. The van der Waals surface area contributed by atoms with Crippen LogP contribution in [0.1, 0.15) is 0 Å². The van der Waals surface area contributed by atoms with Gasteiger partial charge in [-0.1, -0.05) is 158 Å². The van der Waals surface area contributed by atoms with Crippen molar-refractivity contribution < 1.29 is 4.42 Å². The third-order valence-corrected chi connectivity index (χ3v) is 13.4. The van der Waals surface area contributed by atoms with Crippen LogP contribution in [0.4, 0.5) is 0 Å². The SMILES string of the molecule is c1ccc(-c2nc(-c3ccccc3)nc(-c3cccc4c3oc3c(-c5cccc6c5sc5c(-c7cccc8sc9ccccc9c78)cccc56)cccc34)n2)cc1. The number of fused-ring (bicyclic) bond motifs is 9. The molecule has 0 radical (unpaired) electrons. The first-order valence-electron chi connectivity index (χ1n) is 18.9. The molecule has 8 aromatic carbocycles. The number of furan rings is 1. The third-order valence-electron chi connectivity index (χ3n) is 11.0. The molecule has 57 heavy (non-hydrogen) atoms. The van der Waals surface area contributed by atoms with Gasteiger partial charge in [-0.15, -0.1) is 22.7 Å². The minimum Gasteiger partial charge on any atom is -0.455 e. The van der Waals surface area contributed by atoms with Crippen molar-refractivity contribution in [3.05, 3.63) is 176 Å².